The monoisotopic (exact) mass is 223 g/mol. The number of rotatable bonds is 5. The second-order valence-electron chi connectivity index (χ2n) is 3.95. The number of aromatic nitrogens is 2. The molecule has 5 nitrogen and oxygen atoms in total. The Bertz CT molecular complexity index is 359. The van der Waals surface area contributed by atoms with Gasteiger partial charge in [-0.25, -0.2) is 9.97 Å². The SMILES string of the molecule is Cc1cc(C)nc(NC(C)CCC(=O)O)n1. The molecule has 1 aromatic rings. The lowest BCUT2D eigenvalue weighted by atomic mass is 10.2. The van der Waals surface area contributed by atoms with Crippen molar-refractivity contribution in [3.8, 4) is 0 Å². The number of carboxylic acids is 1. The molecule has 0 aliphatic rings. The molecule has 0 aliphatic carbocycles. The van der Waals surface area contributed by atoms with E-state index in [9.17, 15) is 4.79 Å². The van der Waals surface area contributed by atoms with Crippen molar-refractivity contribution >= 4 is 11.9 Å². The number of carboxylic acid groups (broad SMARTS) is 1. The van der Waals surface area contributed by atoms with Gasteiger partial charge in [-0.2, -0.15) is 0 Å². The zero-order chi connectivity index (χ0) is 12.1. The van der Waals surface area contributed by atoms with Gasteiger partial charge >= 0.3 is 5.97 Å². The summed E-state index contributed by atoms with van der Waals surface area (Å²) in [5.74, 6) is -0.217. The fourth-order valence-corrected chi connectivity index (χ4v) is 1.42. The number of anilines is 1. The fraction of sp³-hybridized carbons (Fsp3) is 0.545. The molecule has 1 heterocycles. The number of hydrogen-bond donors (Lipinski definition) is 2. The molecule has 16 heavy (non-hydrogen) atoms. The van der Waals surface area contributed by atoms with E-state index < -0.39 is 5.97 Å². The van der Waals surface area contributed by atoms with Crippen molar-refractivity contribution in [2.45, 2.75) is 39.7 Å². The lowest BCUT2D eigenvalue weighted by Crippen LogP contribution is -2.18. The Kier molecular flexibility index (Phi) is 4.22. The van der Waals surface area contributed by atoms with E-state index in [4.69, 9.17) is 5.11 Å². The minimum absolute atomic E-state index is 0.0531. The third-order valence-corrected chi connectivity index (χ3v) is 2.15. The van der Waals surface area contributed by atoms with E-state index in [1.54, 1.807) is 0 Å². The van der Waals surface area contributed by atoms with Crippen LogP contribution in [0.3, 0.4) is 0 Å². The summed E-state index contributed by atoms with van der Waals surface area (Å²) in [5, 5.41) is 11.7. The summed E-state index contributed by atoms with van der Waals surface area (Å²) in [6.07, 6.45) is 0.713. The number of aliphatic carboxylic acids is 1. The van der Waals surface area contributed by atoms with Gasteiger partial charge in [0, 0.05) is 23.9 Å². The molecular weight excluding hydrogens is 206 g/mol. The second kappa shape index (κ2) is 5.44. The predicted molar refractivity (Wildman–Crippen MR) is 61.5 cm³/mol. The van der Waals surface area contributed by atoms with E-state index >= 15 is 0 Å². The predicted octanol–water partition coefficient (Wildman–Crippen LogP) is 1.76. The number of nitrogens with zero attached hydrogens (tertiary/aromatic N) is 2. The molecule has 88 valence electrons. The van der Waals surface area contributed by atoms with Gasteiger partial charge in [0.15, 0.2) is 0 Å². The molecule has 2 N–H and O–H groups in total. The Morgan fingerprint density at radius 1 is 1.44 bits per heavy atom. The molecule has 0 aliphatic heterocycles. The molecule has 0 spiro atoms. The van der Waals surface area contributed by atoms with E-state index in [0.717, 1.165) is 11.4 Å². The van der Waals surface area contributed by atoms with Gasteiger partial charge in [-0.3, -0.25) is 4.79 Å². The minimum atomic E-state index is -0.782. The maximum Gasteiger partial charge on any atom is 0.303 e. The maximum atomic E-state index is 10.4. The highest BCUT2D eigenvalue weighted by Crippen LogP contribution is 2.07. The maximum absolute atomic E-state index is 10.4. The summed E-state index contributed by atoms with van der Waals surface area (Å²) in [4.78, 5) is 18.9. The molecule has 0 saturated heterocycles. The highest BCUT2D eigenvalue weighted by Gasteiger charge is 2.07. The topological polar surface area (TPSA) is 75.1 Å². The van der Waals surface area contributed by atoms with Gasteiger partial charge in [0.05, 0.1) is 0 Å². The van der Waals surface area contributed by atoms with Crippen LogP contribution in [0.2, 0.25) is 0 Å². The fourth-order valence-electron chi connectivity index (χ4n) is 1.42. The number of carbonyl (C=O) groups is 1. The lowest BCUT2D eigenvalue weighted by molar-refractivity contribution is -0.137. The molecule has 0 amide bonds. The third-order valence-electron chi connectivity index (χ3n) is 2.15. The molecule has 0 saturated carbocycles. The van der Waals surface area contributed by atoms with Gasteiger partial charge in [-0.05, 0) is 33.3 Å². The summed E-state index contributed by atoms with van der Waals surface area (Å²) in [5.41, 5.74) is 1.81. The van der Waals surface area contributed by atoms with Crippen molar-refractivity contribution in [3.63, 3.8) is 0 Å². The van der Waals surface area contributed by atoms with Crippen LogP contribution in [0.1, 0.15) is 31.2 Å². The van der Waals surface area contributed by atoms with Gasteiger partial charge in [-0.15, -0.1) is 0 Å². The van der Waals surface area contributed by atoms with Crippen LogP contribution < -0.4 is 5.32 Å². The van der Waals surface area contributed by atoms with Gasteiger partial charge in [0.25, 0.3) is 0 Å². The van der Waals surface area contributed by atoms with E-state index in [-0.39, 0.29) is 12.5 Å². The molecular formula is C11H17N3O2. The van der Waals surface area contributed by atoms with Crippen LogP contribution in [0.15, 0.2) is 6.07 Å². The molecule has 1 atom stereocenters. The van der Waals surface area contributed by atoms with E-state index in [1.165, 1.54) is 0 Å². The first-order chi connectivity index (χ1) is 7.47. The first kappa shape index (κ1) is 12.4. The zero-order valence-electron chi connectivity index (χ0n) is 9.82. The normalized spacial score (nSPS) is 12.2. The first-order valence-corrected chi connectivity index (χ1v) is 5.28. The van der Waals surface area contributed by atoms with Crippen molar-refractivity contribution in [3.05, 3.63) is 17.5 Å². The third kappa shape index (κ3) is 4.25. The van der Waals surface area contributed by atoms with Crippen molar-refractivity contribution in [1.82, 2.24) is 9.97 Å². The summed E-state index contributed by atoms with van der Waals surface area (Å²) < 4.78 is 0. The average molecular weight is 223 g/mol. The number of nitrogens with one attached hydrogen (secondary N) is 1. The Morgan fingerprint density at radius 2 is 2.00 bits per heavy atom. The highest BCUT2D eigenvalue weighted by molar-refractivity contribution is 5.66. The van der Waals surface area contributed by atoms with E-state index in [2.05, 4.69) is 15.3 Å². The zero-order valence-corrected chi connectivity index (χ0v) is 9.82. The van der Waals surface area contributed by atoms with Crippen molar-refractivity contribution in [2.75, 3.05) is 5.32 Å². The largest absolute Gasteiger partial charge is 0.481 e. The Hall–Kier alpha value is -1.65. The summed E-state index contributed by atoms with van der Waals surface area (Å²) in [6, 6.07) is 1.95. The smallest absolute Gasteiger partial charge is 0.303 e. The molecule has 0 radical (unpaired) electrons. The molecule has 0 aromatic carbocycles. The van der Waals surface area contributed by atoms with Crippen LogP contribution in [0.4, 0.5) is 5.95 Å². The highest BCUT2D eigenvalue weighted by atomic mass is 16.4. The number of hydrogen-bond acceptors (Lipinski definition) is 4. The van der Waals surface area contributed by atoms with Crippen LogP contribution in [-0.2, 0) is 4.79 Å². The van der Waals surface area contributed by atoms with Gasteiger partial charge in [0.2, 0.25) is 5.95 Å². The van der Waals surface area contributed by atoms with Crippen molar-refractivity contribution in [2.24, 2.45) is 0 Å². The van der Waals surface area contributed by atoms with Gasteiger partial charge < -0.3 is 10.4 Å². The van der Waals surface area contributed by atoms with E-state index in [1.807, 2.05) is 26.8 Å². The van der Waals surface area contributed by atoms with Crippen LogP contribution >= 0.6 is 0 Å². The van der Waals surface area contributed by atoms with Crippen molar-refractivity contribution in [1.29, 1.82) is 0 Å². The standard InChI is InChI=1S/C11H17N3O2/c1-7(4-5-10(15)16)12-11-13-8(2)6-9(3)14-11/h6-7H,4-5H2,1-3H3,(H,15,16)(H,12,13,14). The second-order valence-corrected chi connectivity index (χ2v) is 3.95. The summed E-state index contributed by atoms with van der Waals surface area (Å²) >= 11 is 0. The quantitative estimate of drug-likeness (QED) is 0.795. The summed E-state index contributed by atoms with van der Waals surface area (Å²) in [7, 11) is 0. The summed E-state index contributed by atoms with van der Waals surface area (Å²) in [6.45, 7) is 5.73. The van der Waals surface area contributed by atoms with Crippen LogP contribution in [0.25, 0.3) is 0 Å². The Morgan fingerprint density at radius 3 is 2.50 bits per heavy atom. The average Bonchev–Trinajstić information content (AvgIpc) is 2.12. The van der Waals surface area contributed by atoms with Gasteiger partial charge in [0.1, 0.15) is 0 Å². The Labute approximate surface area is 94.9 Å². The minimum Gasteiger partial charge on any atom is -0.481 e. The molecule has 5 heteroatoms. The van der Waals surface area contributed by atoms with Crippen molar-refractivity contribution < 1.29 is 9.90 Å². The molecule has 1 aromatic heterocycles. The number of aryl methyl sites for hydroxylation is 2. The van der Waals surface area contributed by atoms with Gasteiger partial charge in [-0.1, -0.05) is 0 Å². The molecule has 1 unspecified atom stereocenters. The Balaban J connectivity index is 2.55. The van der Waals surface area contributed by atoms with E-state index in [0.29, 0.717) is 12.4 Å². The lowest BCUT2D eigenvalue weighted by Gasteiger charge is -2.13. The van der Waals surface area contributed by atoms with Crippen LogP contribution in [0.5, 0.6) is 0 Å². The first-order valence-electron chi connectivity index (χ1n) is 5.28. The van der Waals surface area contributed by atoms with Crippen LogP contribution in [-0.4, -0.2) is 27.1 Å². The molecule has 0 fully saturated rings. The molecule has 1 rings (SSSR count). The molecule has 0 bridgehead atoms. The van der Waals surface area contributed by atoms with Crippen LogP contribution in [0, 0.1) is 13.8 Å².